The van der Waals surface area contributed by atoms with Gasteiger partial charge in [0.1, 0.15) is 10.8 Å². The zero-order valence-corrected chi connectivity index (χ0v) is 12.1. The monoisotopic (exact) mass is 326 g/mol. The largest absolute Gasteiger partial charge is 0.324 e. The number of hydrogen-bond acceptors (Lipinski definition) is 3. The third-order valence-electron chi connectivity index (χ3n) is 2.38. The van der Waals surface area contributed by atoms with E-state index in [9.17, 15) is 4.39 Å². The number of nitrogens with zero attached hydrogens (tertiary/aromatic N) is 1. The normalized spacial score (nSPS) is 12.4. The van der Waals surface area contributed by atoms with Gasteiger partial charge in [-0.15, -0.1) is 0 Å². The average molecular weight is 327 g/mol. The number of benzene rings is 1. The number of pyridine rings is 1. The summed E-state index contributed by atoms with van der Waals surface area (Å²) in [5.74, 6) is -0.268. The number of rotatable bonds is 3. The standard InChI is InChI=1S/C13H12BrFN2S/c1-8(16)11-6-10(15)3-4-12(11)18-13-5-2-9(14)7-17-13/h2-8H,16H2,1H3. The van der Waals surface area contributed by atoms with Crippen LogP contribution in [0.15, 0.2) is 50.9 Å². The van der Waals surface area contributed by atoms with Crippen LogP contribution >= 0.6 is 27.7 Å². The van der Waals surface area contributed by atoms with E-state index in [2.05, 4.69) is 20.9 Å². The molecule has 0 radical (unpaired) electrons. The zero-order chi connectivity index (χ0) is 13.1. The molecule has 0 saturated carbocycles. The van der Waals surface area contributed by atoms with Crippen LogP contribution in [0.3, 0.4) is 0 Å². The van der Waals surface area contributed by atoms with Crippen molar-refractivity contribution in [2.24, 2.45) is 5.73 Å². The maximum absolute atomic E-state index is 13.2. The van der Waals surface area contributed by atoms with E-state index in [1.165, 1.54) is 23.9 Å². The Bertz CT molecular complexity index is 543. The van der Waals surface area contributed by atoms with Crippen LogP contribution in [0.25, 0.3) is 0 Å². The van der Waals surface area contributed by atoms with Gasteiger partial charge in [-0.1, -0.05) is 11.8 Å². The van der Waals surface area contributed by atoms with Gasteiger partial charge in [-0.3, -0.25) is 0 Å². The minimum Gasteiger partial charge on any atom is -0.324 e. The van der Waals surface area contributed by atoms with Gasteiger partial charge in [0, 0.05) is 21.6 Å². The minimum atomic E-state index is -0.268. The molecule has 0 fully saturated rings. The third-order valence-corrected chi connectivity index (χ3v) is 3.89. The van der Waals surface area contributed by atoms with Crippen molar-refractivity contribution in [3.05, 3.63) is 52.4 Å². The topological polar surface area (TPSA) is 38.9 Å². The molecule has 0 aliphatic heterocycles. The van der Waals surface area contributed by atoms with Gasteiger partial charge < -0.3 is 5.73 Å². The summed E-state index contributed by atoms with van der Waals surface area (Å²) in [6.45, 7) is 1.84. The molecule has 2 rings (SSSR count). The summed E-state index contributed by atoms with van der Waals surface area (Å²) in [7, 11) is 0. The first-order chi connectivity index (χ1) is 8.56. The van der Waals surface area contributed by atoms with Gasteiger partial charge in [0.25, 0.3) is 0 Å². The Morgan fingerprint density at radius 1 is 1.33 bits per heavy atom. The molecule has 2 N–H and O–H groups in total. The first kappa shape index (κ1) is 13.5. The fourth-order valence-electron chi connectivity index (χ4n) is 1.50. The van der Waals surface area contributed by atoms with Crippen LogP contribution in [0.5, 0.6) is 0 Å². The Morgan fingerprint density at radius 3 is 2.72 bits per heavy atom. The zero-order valence-electron chi connectivity index (χ0n) is 9.73. The number of aromatic nitrogens is 1. The van der Waals surface area contributed by atoms with E-state index in [1.54, 1.807) is 12.3 Å². The second-order valence-electron chi connectivity index (χ2n) is 3.89. The van der Waals surface area contributed by atoms with Crippen molar-refractivity contribution in [1.82, 2.24) is 4.98 Å². The van der Waals surface area contributed by atoms with Crippen LogP contribution in [0, 0.1) is 5.82 Å². The molecule has 1 atom stereocenters. The van der Waals surface area contributed by atoms with Gasteiger partial charge in [0.2, 0.25) is 0 Å². The predicted molar refractivity (Wildman–Crippen MR) is 75.1 cm³/mol. The van der Waals surface area contributed by atoms with E-state index < -0.39 is 0 Å². The Kier molecular flexibility index (Phi) is 4.37. The lowest BCUT2D eigenvalue weighted by Gasteiger charge is -2.12. The summed E-state index contributed by atoms with van der Waals surface area (Å²) in [5.41, 5.74) is 6.65. The highest BCUT2D eigenvalue weighted by atomic mass is 79.9. The quantitative estimate of drug-likeness (QED) is 0.920. The number of halogens is 2. The van der Waals surface area contributed by atoms with Crippen LogP contribution in [0.4, 0.5) is 4.39 Å². The van der Waals surface area contributed by atoms with Crippen LogP contribution in [0.1, 0.15) is 18.5 Å². The summed E-state index contributed by atoms with van der Waals surface area (Å²) < 4.78 is 14.1. The number of hydrogen-bond donors (Lipinski definition) is 1. The highest BCUT2D eigenvalue weighted by Gasteiger charge is 2.10. The highest BCUT2D eigenvalue weighted by Crippen LogP contribution is 2.32. The van der Waals surface area contributed by atoms with Gasteiger partial charge in [-0.2, -0.15) is 0 Å². The first-order valence-electron chi connectivity index (χ1n) is 5.40. The van der Waals surface area contributed by atoms with Gasteiger partial charge in [-0.25, -0.2) is 9.37 Å². The molecule has 5 heteroatoms. The van der Waals surface area contributed by atoms with E-state index >= 15 is 0 Å². The molecule has 2 nitrogen and oxygen atoms in total. The van der Waals surface area contributed by atoms with E-state index in [0.29, 0.717) is 0 Å². The summed E-state index contributed by atoms with van der Waals surface area (Å²) in [4.78, 5) is 5.21. The Hall–Kier alpha value is -0.910. The average Bonchev–Trinajstić information content (AvgIpc) is 2.34. The predicted octanol–water partition coefficient (Wildman–Crippen LogP) is 4.15. The van der Waals surface area contributed by atoms with Crippen LogP contribution in [-0.4, -0.2) is 4.98 Å². The summed E-state index contributed by atoms with van der Waals surface area (Å²) in [5, 5.41) is 0.853. The van der Waals surface area contributed by atoms with Crippen molar-refractivity contribution in [3.8, 4) is 0 Å². The van der Waals surface area contributed by atoms with Crippen molar-refractivity contribution in [1.29, 1.82) is 0 Å². The smallest absolute Gasteiger partial charge is 0.123 e. The Morgan fingerprint density at radius 2 is 2.11 bits per heavy atom. The lowest BCUT2D eigenvalue weighted by Crippen LogP contribution is -2.06. The van der Waals surface area contributed by atoms with Crippen molar-refractivity contribution >= 4 is 27.7 Å². The fraction of sp³-hybridized carbons (Fsp3) is 0.154. The van der Waals surface area contributed by atoms with Gasteiger partial charge in [0.05, 0.1) is 0 Å². The molecule has 0 saturated heterocycles. The second kappa shape index (κ2) is 5.82. The molecule has 1 aromatic heterocycles. The van der Waals surface area contributed by atoms with Gasteiger partial charge in [-0.05, 0) is 58.7 Å². The lowest BCUT2D eigenvalue weighted by molar-refractivity contribution is 0.619. The molecule has 2 aromatic rings. The molecular weight excluding hydrogens is 315 g/mol. The maximum atomic E-state index is 13.2. The molecule has 0 bridgehead atoms. The maximum Gasteiger partial charge on any atom is 0.123 e. The van der Waals surface area contributed by atoms with E-state index in [1.807, 2.05) is 19.1 Å². The van der Waals surface area contributed by atoms with Crippen molar-refractivity contribution in [2.45, 2.75) is 22.9 Å². The number of nitrogens with two attached hydrogens (primary N) is 1. The molecule has 0 aliphatic rings. The van der Waals surface area contributed by atoms with Crippen molar-refractivity contribution in [2.75, 3.05) is 0 Å². The van der Waals surface area contributed by atoms with Crippen LogP contribution in [-0.2, 0) is 0 Å². The molecule has 1 aromatic carbocycles. The van der Waals surface area contributed by atoms with Gasteiger partial charge in [0.15, 0.2) is 0 Å². The SMILES string of the molecule is CC(N)c1cc(F)ccc1Sc1ccc(Br)cn1. The Balaban J connectivity index is 2.31. The lowest BCUT2D eigenvalue weighted by atomic mass is 10.1. The summed E-state index contributed by atoms with van der Waals surface area (Å²) in [6.07, 6.45) is 1.73. The van der Waals surface area contributed by atoms with Crippen molar-refractivity contribution in [3.63, 3.8) is 0 Å². The van der Waals surface area contributed by atoms with Crippen LogP contribution in [0.2, 0.25) is 0 Å². The molecule has 0 spiro atoms. The highest BCUT2D eigenvalue weighted by molar-refractivity contribution is 9.10. The third kappa shape index (κ3) is 3.31. The molecule has 1 heterocycles. The molecule has 0 amide bonds. The molecule has 1 unspecified atom stereocenters. The summed E-state index contributed by atoms with van der Waals surface area (Å²) >= 11 is 4.82. The Labute approximate surface area is 118 Å². The second-order valence-corrected chi connectivity index (χ2v) is 5.87. The fourth-order valence-corrected chi connectivity index (χ4v) is 2.70. The van der Waals surface area contributed by atoms with E-state index in [0.717, 1.165) is 20.0 Å². The van der Waals surface area contributed by atoms with Gasteiger partial charge >= 0.3 is 0 Å². The van der Waals surface area contributed by atoms with Crippen molar-refractivity contribution < 1.29 is 4.39 Å². The molecule has 94 valence electrons. The van der Waals surface area contributed by atoms with Crippen LogP contribution < -0.4 is 5.73 Å². The molecular formula is C13H12BrFN2S. The summed E-state index contributed by atoms with van der Waals surface area (Å²) in [6, 6.07) is 8.27. The van der Waals surface area contributed by atoms with E-state index in [-0.39, 0.29) is 11.9 Å². The molecule has 18 heavy (non-hydrogen) atoms. The van der Waals surface area contributed by atoms with E-state index in [4.69, 9.17) is 5.73 Å². The molecule has 0 aliphatic carbocycles. The first-order valence-corrected chi connectivity index (χ1v) is 7.01. The minimum absolute atomic E-state index is 0.210.